The van der Waals surface area contributed by atoms with Gasteiger partial charge in [-0.25, -0.2) is 8.78 Å². The molecule has 0 amide bonds. The molecule has 1 N–H and O–H groups in total. The number of hydrogen-bond donors (Lipinski definition) is 1. The predicted molar refractivity (Wildman–Crippen MR) is 80.8 cm³/mol. The third kappa shape index (κ3) is 5.20. The minimum absolute atomic E-state index is 0.338. The van der Waals surface area contributed by atoms with E-state index in [9.17, 15) is 8.78 Å². The lowest BCUT2D eigenvalue weighted by Gasteiger charge is -2.28. The number of benzene rings is 1. The number of nitrogens with one attached hydrogen (secondary N) is 1. The quantitative estimate of drug-likeness (QED) is 0.692. The van der Waals surface area contributed by atoms with Crippen molar-refractivity contribution in [3.63, 3.8) is 0 Å². The molecule has 3 heteroatoms. The highest BCUT2D eigenvalue weighted by Gasteiger charge is 2.20. The monoisotopic (exact) mass is 283 g/mol. The van der Waals surface area contributed by atoms with Crippen LogP contribution in [0.4, 0.5) is 8.78 Å². The van der Waals surface area contributed by atoms with E-state index in [1.54, 1.807) is 6.07 Å². The van der Waals surface area contributed by atoms with Gasteiger partial charge in [0.25, 0.3) is 0 Å². The zero-order valence-electron chi connectivity index (χ0n) is 12.9. The summed E-state index contributed by atoms with van der Waals surface area (Å²) < 4.78 is 26.3. The normalized spacial score (nSPS) is 12.9. The molecule has 1 aromatic carbocycles. The van der Waals surface area contributed by atoms with Gasteiger partial charge in [-0.1, -0.05) is 39.7 Å². The molecule has 0 radical (unpaired) electrons. The van der Waals surface area contributed by atoms with E-state index in [2.05, 4.69) is 26.1 Å². The SMILES string of the molecule is CCCC(CCC)C(Cc1ccc(F)c(F)c1)NCC. The largest absolute Gasteiger partial charge is 0.314 e. The minimum Gasteiger partial charge on any atom is -0.314 e. The zero-order valence-corrected chi connectivity index (χ0v) is 12.9. The first-order valence-corrected chi connectivity index (χ1v) is 7.79. The molecule has 114 valence electrons. The fourth-order valence-electron chi connectivity index (χ4n) is 2.88. The Labute approximate surface area is 121 Å². The lowest BCUT2D eigenvalue weighted by atomic mass is 9.86. The van der Waals surface area contributed by atoms with Gasteiger partial charge in [-0.05, 0) is 49.4 Å². The third-order valence-corrected chi connectivity index (χ3v) is 3.79. The zero-order chi connectivity index (χ0) is 15.0. The van der Waals surface area contributed by atoms with Gasteiger partial charge >= 0.3 is 0 Å². The van der Waals surface area contributed by atoms with Crippen LogP contribution in [0.5, 0.6) is 0 Å². The molecule has 0 bridgehead atoms. The van der Waals surface area contributed by atoms with E-state index in [1.165, 1.54) is 25.0 Å². The van der Waals surface area contributed by atoms with E-state index in [0.29, 0.717) is 12.0 Å². The van der Waals surface area contributed by atoms with E-state index in [0.717, 1.165) is 31.4 Å². The first kappa shape index (κ1) is 17.1. The van der Waals surface area contributed by atoms with Gasteiger partial charge < -0.3 is 5.32 Å². The molecule has 1 atom stereocenters. The molecular formula is C17H27F2N. The van der Waals surface area contributed by atoms with Crippen LogP contribution >= 0.6 is 0 Å². The molecule has 0 fully saturated rings. The lowest BCUT2D eigenvalue weighted by Crippen LogP contribution is -2.38. The summed E-state index contributed by atoms with van der Waals surface area (Å²) in [6.07, 6.45) is 5.43. The summed E-state index contributed by atoms with van der Waals surface area (Å²) in [4.78, 5) is 0. The smallest absolute Gasteiger partial charge is 0.159 e. The van der Waals surface area contributed by atoms with Crippen molar-refractivity contribution in [3.8, 4) is 0 Å². The second kappa shape index (κ2) is 9.06. The Morgan fingerprint density at radius 3 is 2.15 bits per heavy atom. The van der Waals surface area contributed by atoms with Crippen LogP contribution in [0.1, 0.15) is 52.0 Å². The maximum Gasteiger partial charge on any atom is 0.159 e. The summed E-state index contributed by atoms with van der Waals surface area (Å²) in [5.41, 5.74) is 0.868. The number of hydrogen-bond acceptors (Lipinski definition) is 1. The lowest BCUT2D eigenvalue weighted by molar-refractivity contribution is 0.312. The summed E-state index contributed by atoms with van der Waals surface area (Å²) in [6.45, 7) is 7.39. The fourth-order valence-corrected chi connectivity index (χ4v) is 2.88. The van der Waals surface area contributed by atoms with Crippen LogP contribution in [-0.4, -0.2) is 12.6 Å². The van der Waals surface area contributed by atoms with Crippen LogP contribution in [0, 0.1) is 17.6 Å². The number of likely N-dealkylation sites (N-methyl/N-ethyl adjacent to an activating group) is 1. The highest BCUT2D eigenvalue weighted by molar-refractivity contribution is 5.19. The second-order valence-electron chi connectivity index (χ2n) is 5.45. The summed E-state index contributed by atoms with van der Waals surface area (Å²) in [7, 11) is 0. The van der Waals surface area contributed by atoms with Crippen LogP contribution in [0.25, 0.3) is 0 Å². The first-order valence-electron chi connectivity index (χ1n) is 7.79. The van der Waals surface area contributed by atoms with Gasteiger partial charge in [-0.3, -0.25) is 0 Å². The van der Waals surface area contributed by atoms with Gasteiger partial charge in [0.2, 0.25) is 0 Å². The van der Waals surface area contributed by atoms with Gasteiger partial charge in [0.1, 0.15) is 0 Å². The highest BCUT2D eigenvalue weighted by atomic mass is 19.2. The molecule has 20 heavy (non-hydrogen) atoms. The summed E-state index contributed by atoms with van der Waals surface area (Å²) in [5, 5.41) is 3.52. The summed E-state index contributed by atoms with van der Waals surface area (Å²) in [5.74, 6) is -0.925. The van der Waals surface area contributed by atoms with Crippen molar-refractivity contribution in [3.05, 3.63) is 35.4 Å². The van der Waals surface area contributed by atoms with Crippen LogP contribution in [0.2, 0.25) is 0 Å². The molecule has 0 spiro atoms. The highest BCUT2D eigenvalue weighted by Crippen LogP contribution is 2.22. The Bertz CT molecular complexity index is 387. The Morgan fingerprint density at radius 2 is 1.65 bits per heavy atom. The molecule has 0 aliphatic carbocycles. The molecule has 1 unspecified atom stereocenters. The second-order valence-corrected chi connectivity index (χ2v) is 5.45. The van der Waals surface area contributed by atoms with Crippen molar-refractivity contribution in [2.75, 3.05) is 6.54 Å². The molecule has 1 rings (SSSR count). The Kier molecular flexibility index (Phi) is 7.75. The van der Waals surface area contributed by atoms with E-state index < -0.39 is 11.6 Å². The first-order chi connectivity index (χ1) is 9.62. The number of rotatable bonds is 9. The van der Waals surface area contributed by atoms with Crippen molar-refractivity contribution in [2.45, 2.75) is 58.9 Å². The van der Waals surface area contributed by atoms with Crippen molar-refractivity contribution in [1.82, 2.24) is 5.32 Å². The van der Waals surface area contributed by atoms with Gasteiger partial charge in [0, 0.05) is 6.04 Å². The Hall–Kier alpha value is -0.960. The predicted octanol–water partition coefficient (Wildman–Crippen LogP) is 4.70. The topological polar surface area (TPSA) is 12.0 Å². The minimum atomic E-state index is -0.771. The Balaban J connectivity index is 2.80. The fraction of sp³-hybridized carbons (Fsp3) is 0.647. The average Bonchev–Trinajstić information content (AvgIpc) is 2.42. The van der Waals surface area contributed by atoms with Gasteiger partial charge in [0.15, 0.2) is 11.6 Å². The molecule has 0 aliphatic heterocycles. The number of halogens is 2. The molecule has 1 nitrogen and oxygen atoms in total. The van der Waals surface area contributed by atoms with Crippen LogP contribution in [0.3, 0.4) is 0 Å². The molecular weight excluding hydrogens is 256 g/mol. The maximum absolute atomic E-state index is 13.3. The summed E-state index contributed by atoms with van der Waals surface area (Å²) >= 11 is 0. The molecule has 0 heterocycles. The molecule has 0 saturated carbocycles. The van der Waals surface area contributed by atoms with Crippen LogP contribution < -0.4 is 5.32 Å². The summed E-state index contributed by atoms with van der Waals surface area (Å²) in [6, 6.07) is 4.58. The van der Waals surface area contributed by atoms with Gasteiger partial charge in [0.05, 0.1) is 0 Å². The van der Waals surface area contributed by atoms with Crippen LogP contribution in [-0.2, 0) is 6.42 Å². The van der Waals surface area contributed by atoms with Crippen molar-refractivity contribution < 1.29 is 8.78 Å². The van der Waals surface area contributed by atoms with Gasteiger partial charge in [-0.2, -0.15) is 0 Å². The van der Waals surface area contributed by atoms with Crippen molar-refractivity contribution >= 4 is 0 Å². The van der Waals surface area contributed by atoms with Gasteiger partial charge in [-0.15, -0.1) is 0 Å². The van der Waals surface area contributed by atoms with E-state index in [-0.39, 0.29) is 0 Å². The molecule has 0 saturated heterocycles. The van der Waals surface area contributed by atoms with Crippen molar-refractivity contribution in [1.29, 1.82) is 0 Å². The average molecular weight is 283 g/mol. The van der Waals surface area contributed by atoms with E-state index in [1.807, 2.05) is 0 Å². The van der Waals surface area contributed by atoms with Crippen LogP contribution in [0.15, 0.2) is 18.2 Å². The van der Waals surface area contributed by atoms with E-state index >= 15 is 0 Å². The van der Waals surface area contributed by atoms with Crippen molar-refractivity contribution in [2.24, 2.45) is 5.92 Å². The standard InChI is InChI=1S/C17H27F2N/c1-4-7-14(8-5-2)17(20-6-3)12-13-9-10-15(18)16(19)11-13/h9-11,14,17,20H,4-8,12H2,1-3H3. The van der Waals surface area contributed by atoms with E-state index in [4.69, 9.17) is 0 Å². The molecule has 1 aromatic rings. The Morgan fingerprint density at radius 1 is 1.00 bits per heavy atom. The molecule has 0 aliphatic rings. The maximum atomic E-state index is 13.3. The third-order valence-electron chi connectivity index (χ3n) is 3.79. The molecule has 0 aromatic heterocycles.